The number of carbonyl (C=O) groups is 2. The van der Waals surface area contributed by atoms with E-state index in [9.17, 15) is 9.59 Å². The molecule has 1 rings (SSSR count). The van der Waals surface area contributed by atoms with E-state index in [1.54, 1.807) is 13.8 Å². The van der Waals surface area contributed by atoms with Crippen molar-refractivity contribution >= 4 is 12.1 Å². The maximum absolute atomic E-state index is 11.6. The highest BCUT2D eigenvalue weighted by molar-refractivity contribution is 5.72. The molecule has 1 atom stereocenters. The van der Waals surface area contributed by atoms with Crippen LogP contribution in [0.2, 0.25) is 0 Å². The fourth-order valence-electron chi connectivity index (χ4n) is 1.77. The molecule has 0 heterocycles. The Kier molecular flexibility index (Phi) is 7.94. The molecule has 0 fully saturated rings. The van der Waals surface area contributed by atoms with Crippen molar-refractivity contribution in [3.05, 3.63) is 29.8 Å². The molecule has 0 saturated heterocycles. The smallest absolute Gasteiger partial charge is 0.410 e. The first-order chi connectivity index (χ1) is 10.9. The third kappa shape index (κ3) is 7.04. The van der Waals surface area contributed by atoms with Gasteiger partial charge in [-0.1, -0.05) is 39.0 Å². The quantitative estimate of drug-likeness (QED) is 0.452. The number of para-hydroxylation sites is 1. The molecule has 1 aromatic carbocycles. The lowest BCUT2D eigenvalue weighted by Gasteiger charge is -2.16. The molecule has 1 unspecified atom stereocenters. The highest BCUT2D eigenvalue weighted by Crippen LogP contribution is 2.17. The Morgan fingerprint density at radius 3 is 2.48 bits per heavy atom. The lowest BCUT2D eigenvalue weighted by atomic mass is 10.1. The number of hydrogen-bond donors (Lipinski definition) is 1. The van der Waals surface area contributed by atoms with Crippen LogP contribution >= 0.6 is 0 Å². The highest BCUT2D eigenvalue weighted by atomic mass is 16.7. The average molecular weight is 323 g/mol. The summed E-state index contributed by atoms with van der Waals surface area (Å²) in [5, 5.41) is 2.55. The van der Waals surface area contributed by atoms with Crippen LogP contribution in [0.1, 0.15) is 33.3 Å². The summed E-state index contributed by atoms with van der Waals surface area (Å²) in [7, 11) is 0. The number of carbonyl (C=O) groups excluding carboxylic acids is 2. The molecule has 0 spiro atoms. The van der Waals surface area contributed by atoms with Crippen LogP contribution in [0.4, 0.5) is 4.79 Å². The van der Waals surface area contributed by atoms with E-state index in [0.29, 0.717) is 13.2 Å². The maximum atomic E-state index is 11.6. The minimum absolute atomic E-state index is 0.267. The molecule has 0 aliphatic carbocycles. The molecule has 0 radical (unpaired) electrons. The molecule has 0 aromatic heterocycles. The SMILES string of the molecule is CCc1ccccc1OCCNC(=O)OC(C)OC(=O)C(C)C. The average Bonchev–Trinajstić information content (AvgIpc) is 2.51. The zero-order chi connectivity index (χ0) is 17.2. The molecular formula is C17H25NO5. The first-order valence-electron chi connectivity index (χ1n) is 7.79. The zero-order valence-electron chi connectivity index (χ0n) is 14.1. The second-order valence-electron chi connectivity index (χ2n) is 5.30. The topological polar surface area (TPSA) is 73.9 Å². The van der Waals surface area contributed by atoms with Crippen molar-refractivity contribution in [2.45, 2.75) is 40.4 Å². The van der Waals surface area contributed by atoms with Gasteiger partial charge in [-0.25, -0.2) is 4.79 Å². The molecule has 0 aliphatic heterocycles. The van der Waals surface area contributed by atoms with E-state index in [-0.39, 0.29) is 5.92 Å². The van der Waals surface area contributed by atoms with Crippen LogP contribution in [0.25, 0.3) is 0 Å². The van der Waals surface area contributed by atoms with Crippen molar-refractivity contribution in [2.75, 3.05) is 13.2 Å². The minimum Gasteiger partial charge on any atom is -0.491 e. The van der Waals surface area contributed by atoms with Gasteiger partial charge in [0.05, 0.1) is 12.5 Å². The number of esters is 1. The fraction of sp³-hybridized carbons (Fsp3) is 0.529. The maximum Gasteiger partial charge on any atom is 0.410 e. The molecule has 0 aliphatic rings. The Hall–Kier alpha value is -2.24. The van der Waals surface area contributed by atoms with Crippen molar-refractivity contribution in [2.24, 2.45) is 5.92 Å². The lowest BCUT2D eigenvalue weighted by Crippen LogP contribution is -2.33. The van der Waals surface area contributed by atoms with Gasteiger partial charge in [-0.3, -0.25) is 4.79 Å². The van der Waals surface area contributed by atoms with Crippen LogP contribution in [0.5, 0.6) is 5.75 Å². The van der Waals surface area contributed by atoms with Crippen molar-refractivity contribution in [1.82, 2.24) is 5.32 Å². The van der Waals surface area contributed by atoms with E-state index in [1.807, 2.05) is 24.3 Å². The van der Waals surface area contributed by atoms with E-state index in [2.05, 4.69) is 12.2 Å². The van der Waals surface area contributed by atoms with Crippen LogP contribution in [-0.4, -0.2) is 31.5 Å². The monoisotopic (exact) mass is 323 g/mol. The number of amides is 1. The highest BCUT2D eigenvalue weighted by Gasteiger charge is 2.16. The number of benzene rings is 1. The number of ether oxygens (including phenoxy) is 3. The van der Waals surface area contributed by atoms with Gasteiger partial charge in [0.15, 0.2) is 0 Å². The van der Waals surface area contributed by atoms with Gasteiger partial charge in [-0.15, -0.1) is 0 Å². The zero-order valence-corrected chi connectivity index (χ0v) is 14.1. The van der Waals surface area contributed by atoms with Gasteiger partial charge in [0.2, 0.25) is 6.29 Å². The number of rotatable bonds is 8. The largest absolute Gasteiger partial charge is 0.491 e. The van der Waals surface area contributed by atoms with E-state index < -0.39 is 18.4 Å². The molecule has 23 heavy (non-hydrogen) atoms. The van der Waals surface area contributed by atoms with Crippen LogP contribution in [0, 0.1) is 5.92 Å². The number of alkyl carbamates (subject to hydrolysis) is 1. The summed E-state index contributed by atoms with van der Waals surface area (Å²) < 4.78 is 15.5. The van der Waals surface area contributed by atoms with Crippen LogP contribution in [-0.2, 0) is 20.7 Å². The summed E-state index contributed by atoms with van der Waals surface area (Å²) in [4.78, 5) is 22.9. The Morgan fingerprint density at radius 2 is 1.83 bits per heavy atom. The van der Waals surface area contributed by atoms with Crippen molar-refractivity contribution in [3.63, 3.8) is 0 Å². The fourth-order valence-corrected chi connectivity index (χ4v) is 1.77. The third-order valence-corrected chi connectivity index (χ3v) is 3.01. The third-order valence-electron chi connectivity index (χ3n) is 3.01. The molecule has 0 saturated carbocycles. The lowest BCUT2D eigenvalue weighted by molar-refractivity contribution is -0.168. The summed E-state index contributed by atoms with van der Waals surface area (Å²) in [6.45, 7) is 7.58. The van der Waals surface area contributed by atoms with Crippen molar-refractivity contribution < 1.29 is 23.8 Å². The molecule has 128 valence electrons. The first kappa shape index (κ1) is 18.8. The second kappa shape index (κ2) is 9.71. The van der Waals surface area contributed by atoms with Gasteiger partial charge in [0, 0.05) is 6.92 Å². The minimum atomic E-state index is -0.924. The summed E-state index contributed by atoms with van der Waals surface area (Å²) >= 11 is 0. The summed E-state index contributed by atoms with van der Waals surface area (Å²) in [6.07, 6.45) is -0.697. The summed E-state index contributed by atoms with van der Waals surface area (Å²) in [5.41, 5.74) is 1.12. The molecule has 6 heteroatoms. The Balaban J connectivity index is 2.25. The molecule has 1 N–H and O–H groups in total. The van der Waals surface area contributed by atoms with Gasteiger partial charge in [0.1, 0.15) is 12.4 Å². The summed E-state index contributed by atoms with van der Waals surface area (Å²) in [5.74, 6) is 0.130. The van der Waals surface area contributed by atoms with Gasteiger partial charge in [-0.2, -0.15) is 0 Å². The molecule has 1 amide bonds. The normalized spacial score (nSPS) is 11.7. The first-order valence-corrected chi connectivity index (χ1v) is 7.79. The van der Waals surface area contributed by atoms with Crippen LogP contribution < -0.4 is 10.1 Å². The predicted octanol–water partition coefficient (Wildman–Crippen LogP) is 2.90. The summed E-state index contributed by atoms with van der Waals surface area (Å²) in [6, 6.07) is 7.76. The van der Waals surface area contributed by atoms with Crippen LogP contribution in [0.3, 0.4) is 0 Å². The predicted molar refractivity (Wildman–Crippen MR) is 86.2 cm³/mol. The van der Waals surface area contributed by atoms with Crippen molar-refractivity contribution in [1.29, 1.82) is 0 Å². The number of aryl methyl sites for hydroxylation is 1. The molecule has 1 aromatic rings. The molecule has 6 nitrogen and oxygen atoms in total. The standard InChI is InChI=1S/C17H25NO5/c1-5-14-8-6-7-9-15(14)21-11-10-18-17(20)23-13(4)22-16(19)12(2)3/h6-9,12-13H,5,10-11H2,1-4H3,(H,18,20). The molecular weight excluding hydrogens is 298 g/mol. The van der Waals surface area contributed by atoms with Crippen LogP contribution in [0.15, 0.2) is 24.3 Å². The Bertz CT molecular complexity index is 515. The Labute approximate surface area is 137 Å². The van der Waals surface area contributed by atoms with Crippen molar-refractivity contribution in [3.8, 4) is 5.75 Å². The van der Waals surface area contributed by atoms with Gasteiger partial charge in [0.25, 0.3) is 0 Å². The van der Waals surface area contributed by atoms with E-state index in [1.165, 1.54) is 6.92 Å². The number of nitrogens with one attached hydrogen (secondary N) is 1. The molecule has 0 bridgehead atoms. The van der Waals surface area contributed by atoms with E-state index in [4.69, 9.17) is 14.2 Å². The second-order valence-corrected chi connectivity index (χ2v) is 5.30. The number of hydrogen-bond acceptors (Lipinski definition) is 5. The van der Waals surface area contributed by atoms with E-state index in [0.717, 1.165) is 17.7 Å². The van der Waals surface area contributed by atoms with Gasteiger partial charge < -0.3 is 19.5 Å². The Morgan fingerprint density at radius 1 is 1.13 bits per heavy atom. The van der Waals surface area contributed by atoms with E-state index >= 15 is 0 Å². The van der Waals surface area contributed by atoms with Gasteiger partial charge >= 0.3 is 12.1 Å². The van der Waals surface area contributed by atoms with Gasteiger partial charge in [-0.05, 0) is 18.1 Å².